The minimum absolute atomic E-state index is 0.0145. The van der Waals surface area contributed by atoms with Crippen LogP contribution >= 0.6 is 45.2 Å². The van der Waals surface area contributed by atoms with E-state index in [0.717, 1.165) is 24.6 Å². The predicted molar refractivity (Wildman–Crippen MR) is 207 cm³/mol. The van der Waals surface area contributed by atoms with Crippen LogP contribution in [0.4, 0.5) is 17.6 Å². The Bertz CT molecular complexity index is 1660. The molecule has 0 saturated carbocycles. The van der Waals surface area contributed by atoms with E-state index >= 15 is 0 Å². The van der Waals surface area contributed by atoms with Gasteiger partial charge in [0.15, 0.2) is 31.6 Å². The lowest BCUT2D eigenvalue weighted by atomic mass is 10.1. The lowest BCUT2D eigenvalue weighted by Crippen LogP contribution is -2.41. The molecule has 10 nitrogen and oxygen atoms in total. The highest BCUT2D eigenvalue weighted by atomic mass is 127. The molecule has 0 bridgehead atoms. The first kappa shape index (κ1) is 46.1. The van der Waals surface area contributed by atoms with E-state index in [1.165, 1.54) is 12.1 Å². The number of carbonyl (C=O) groups is 2. The Hall–Kier alpha value is -2.88. The van der Waals surface area contributed by atoms with E-state index in [0.29, 0.717) is 13.7 Å². The van der Waals surface area contributed by atoms with Crippen molar-refractivity contribution in [2.24, 2.45) is 9.98 Å². The van der Waals surface area contributed by atoms with Gasteiger partial charge in [0.1, 0.15) is 22.7 Å². The number of benzene rings is 2. The molecular formula is C34H42F4I2N2O8Si. The highest BCUT2D eigenvalue weighted by Gasteiger charge is 2.36. The number of hydrogen-bond donors (Lipinski definition) is 3. The van der Waals surface area contributed by atoms with Crippen LogP contribution in [0.5, 0.6) is 0 Å². The summed E-state index contributed by atoms with van der Waals surface area (Å²) in [5.41, 5.74) is -1.67. The SMILES string of the molecule is CCOC(=O)C(C=NCCO)=C(O)c1cc(I)cc(F)c1F.CCOC(=O)C(C=NCCO[Si](C)(C)C(C)(C)C)=C(O)c1cc(I)cc(F)c1F. The van der Waals surface area contributed by atoms with Crippen LogP contribution in [0.15, 0.2) is 45.4 Å². The second-order valence-corrected chi connectivity index (χ2v) is 19.2. The largest absolute Gasteiger partial charge is 0.506 e. The molecular weight excluding hydrogens is 922 g/mol. The Balaban J connectivity index is 0.000000530. The first-order chi connectivity index (χ1) is 23.7. The number of hydrogen-bond acceptors (Lipinski definition) is 10. The topological polar surface area (TPSA) is 147 Å². The number of ether oxygens (including phenoxy) is 2. The molecule has 2 rings (SSSR count). The van der Waals surface area contributed by atoms with E-state index in [4.69, 9.17) is 19.0 Å². The number of halogens is 6. The zero-order chi connectivity index (χ0) is 39.1. The average molecular weight is 965 g/mol. The fraction of sp³-hybridized carbons (Fsp3) is 0.412. The van der Waals surface area contributed by atoms with Crippen LogP contribution in [0.1, 0.15) is 45.7 Å². The van der Waals surface area contributed by atoms with Crippen LogP contribution in [-0.2, 0) is 23.5 Å². The van der Waals surface area contributed by atoms with Gasteiger partial charge in [-0.3, -0.25) is 9.98 Å². The third-order valence-electron chi connectivity index (χ3n) is 7.16. The van der Waals surface area contributed by atoms with Gasteiger partial charge in [-0.2, -0.15) is 0 Å². The fourth-order valence-electron chi connectivity index (χ4n) is 3.52. The maximum atomic E-state index is 14.1. The first-order valence-corrected chi connectivity index (χ1v) is 20.5. The maximum absolute atomic E-state index is 14.1. The van der Waals surface area contributed by atoms with E-state index < -0.39 is 71.7 Å². The Morgan fingerprint density at radius 3 is 1.53 bits per heavy atom. The molecule has 0 atom stereocenters. The molecule has 2 aromatic rings. The van der Waals surface area contributed by atoms with E-state index in [1.54, 1.807) is 59.0 Å². The third-order valence-corrected chi connectivity index (χ3v) is 12.9. The van der Waals surface area contributed by atoms with Crippen LogP contribution in [0.25, 0.3) is 11.5 Å². The van der Waals surface area contributed by atoms with Gasteiger partial charge in [0, 0.05) is 19.6 Å². The molecule has 0 aliphatic carbocycles. The lowest BCUT2D eigenvalue weighted by molar-refractivity contribution is -0.138. The zero-order valence-corrected chi connectivity index (χ0v) is 34.6. The molecule has 51 heavy (non-hydrogen) atoms. The minimum Gasteiger partial charge on any atom is -0.506 e. The molecule has 0 radical (unpaired) electrons. The first-order valence-electron chi connectivity index (χ1n) is 15.5. The second kappa shape index (κ2) is 21.6. The highest BCUT2D eigenvalue weighted by Crippen LogP contribution is 2.36. The molecule has 0 aliphatic rings. The standard InChI is InChI=1S/C20H28F2INO4Si.C14H14F2INO4/c1-7-27-19(26)15(12-24-8-9-28-29(5,6)20(2,3)4)18(25)14-10-13(23)11-16(21)17(14)22;1-2-22-14(21)10(7-18-3-4-19)13(20)9-5-8(17)6-11(15)12(9)16/h10-12,25H,7-9H2,1-6H3;5-7,19-20H,2-4H2,1H3. The van der Waals surface area contributed by atoms with Crippen molar-refractivity contribution in [3.8, 4) is 0 Å². The summed E-state index contributed by atoms with van der Waals surface area (Å²) in [4.78, 5) is 31.9. The summed E-state index contributed by atoms with van der Waals surface area (Å²) >= 11 is 3.54. The molecule has 17 heteroatoms. The minimum atomic E-state index is -1.93. The van der Waals surface area contributed by atoms with Gasteiger partial charge in [-0.05, 0) is 101 Å². The Labute approximate surface area is 323 Å². The van der Waals surface area contributed by atoms with Crippen LogP contribution in [-0.4, -0.2) is 87.5 Å². The Kier molecular flexibility index (Phi) is 19.5. The van der Waals surface area contributed by atoms with E-state index in [9.17, 15) is 37.4 Å². The summed E-state index contributed by atoms with van der Waals surface area (Å²) < 4.78 is 71.5. The van der Waals surface area contributed by atoms with Gasteiger partial charge in [-0.1, -0.05) is 20.8 Å². The van der Waals surface area contributed by atoms with Crippen molar-refractivity contribution in [1.82, 2.24) is 0 Å². The van der Waals surface area contributed by atoms with Crippen molar-refractivity contribution in [1.29, 1.82) is 0 Å². The third kappa shape index (κ3) is 14.2. The van der Waals surface area contributed by atoms with Crippen LogP contribution in [0.3, 0.4) is 0 Å². The average Bonchev–Trinajstić information content (AvgIpc) is 3.03. The van der Waals surface area contributed by atoms with Crippen molar-refractivity contribution < 1.29 is 56.4 Å². The van der Waals surface area contributed by atoms with Crippen LogP contribution in [0.2, 0.25) is 18.1 Å². The molecule has 3 N–H and O–H groups in total. The molecule has 0 fully saturated rings. The summed E-state index contributed by atoms with van der Waals surface area (Å²) in [5.74, 6) is -8.12. The van der Waals surface area contributed by atoms with Gasteiger partial charge < -0.3 is 29.2 Å². The Morgan fingerprint density at radius 2 is 1.18 bits per heavy atom. The molecule has 0 unspecified atom stereocenters. The molecule has 0 heterocycles. The normalized spacial score (nSPS) is 13.1. The van der Waals surface area contributed by atoms with E-state index in [2.05, 4.69) is 43.9 Å². The highest BCUT2D eigenvalue weighted by molar-refractivity contribution is 14.1. The van der Waals surface area contributed by atoms with Crippen molar-refractivity contribution in [2.75, 3.05) is 39.5 Å². The molecule has 2 aromatic carbocycles. The van der Waals surface area contributed by atoms with Crippen molar-refractivity contribution in [2.45, 2.75) is 52.8 Å². The molecule has 0 aromatic heterocycles. The van der Waals surface area contributed by atoms with E-state index in [-0.39, 0.29) is 43.5 Å². The van der Waals surface area contributed by atoms with Crippen molar-refractivity contribution in [3.05, 3.63) is 76.9 Å². The monoisotopic (exact) mass is 964 g/mol. The summed E-state index contributed by atoms with van der Waals surface area (Å²) in [6.07, 6.45) is 2.07. The van der Waals surface area contributed by atoms with Crippen LogP contribution in [0, 0.1) is 30.4 Å². The molecule has 0 aliphatic heterocycles. The number of aliphatic imine (C=N–C) groups is 2. The molecule has 0 spiro atoms. The van der Waals surface area contributed by atoms with Gasteiger partial charge >= 0.3 is 11.9 Å². The number of carbonyl (C=O) groups excluding carboxylic acids is 2. The molecule has 0 saturated heterocycles. The number of aliphatic hydroxyl groups is 3. The fourth-order valence-corrected chi connectivity index (χ4v) is 5.73. The molecule has 0 amide bonds. The quantitative estimate of drug-likeness (QED) is 0.0199. The number of rotatable bonds is 14. The van der Waals surface area contributed by atoms with Crippen LogP contribution < -0.4 is 0 Å². The molecule has 282 valence electrons. The van der Waals surface area contributed by atoms with Gasteiger partial charge in [-0.25, -0.2) is 27.2 Å². The van der Waals surface area contributed by atoms with Gasteiger partial charge in [0.05, 0.1) is 50.6 Å². The van der Waals surface area contributed by atoms with Gasteiger partial charge in [-0.15, -0.1) is 0 Å². The number of nitrogens with zero attached hydrogens (tertiary/aromatic N) is 2. The number of aliphatic hydroxyl groups excluding tert-OH is 3. The lowest BCUT2D eigenvalue weighted by Gasteiger charge is -2.35. The second-order valence-electron chi connectivity index (χ2n) is 11.9. The summed E-state index contributed by atoms with van der Waals surface area (Å²) in [6, 6.07) is 4.37. The Morgan fingerprint density at radius 1 is 0.784 bits per heavy atom. The van der Waals surface area contributed by atoms with Gasteiger partial charge in [0.2, 0.25) is 0 Å². The number of esters is 2. The summed E-state index contributed by atoms with van der Waals surface area (Å²) in [6.45, 7) is 14.1. The maximum Gasteiger partial charge on any atom is 0.343 e. The summed E-state index contributed by atoms with van der Waals surface area (Å²) in [7, 11) is -1.93. The zero-order valence-electron chi connectivity index (χ0n) is 29.3. The van der Waals surface area contributed by atoms with E-state index in [1.807, 2.05) is 0 Å². The van der Waals surface area contributed by atoms with Crippen molar-refractivity contribution in [3.63, 3.8) is 0 Å². The summed E-state index contributed by atoms with van der Waals surface area (Å²) in [5, 5.41) is 29.3. The predicted octanol–water partition coefficient (Wildman–Crippen LogP) is 7.96. The smallest absolute Gasteiger partial charge is 0.343 e. The van der Waals surface area contributed by atoms with Gasteiger partial charge in [0.25, 0.3) is 0 Å². The van der Waals surface area contributed by atoms with Crippen molar-refractivity contribution >= 4 is 89.4 Å².